The predicted octanol–water partition coefficient (Wildman–Crippen LogP) is 3.52. The summed E-state index contributed by atoms with van der Waals surface area (Å²) in [5, 5.41) is 4.79. The van der Waals surface area contributed by atoms with Gasteiger partial charge in [0.15, 0.2) is 0 Å². The SMILES string of the molecule is c1csc(N2CCN(c3ccc4ccn(CCN5CCCC5)c4n3)CC2)c1. The molecule has 0 N–H and O–H groups in total. The lowest BCUT2D eigenvalue weighted by molar-refractivity contribution is 0.324. The van der Waals surface area contributed by atoms with E-state index in [-0.39, 0.29) is 0 Å². The molecule has 142 valence electrons. The lowest BCUT2D eigenvalue weighted by Gasteiger charge is -2.36. The van der Waals surface area contributed by atoms with Crippen LogP contribution in [0, 0.1) is 0 Å². The van der Waals surface area contributed by atoms with E-state index >= 15 is 0 Å². The Balaban J connectivity index is 1.28. The number of anilines is 2. The minimum absolute atomic E-state index is 1.03. The van der Waals surface area contributed by atoms with E-state index in [0.29, 0.717) is 0 Å². The summed E-state index contributed by atoms with van der Waals surface area (Å²) in [6.45, 7) is 8.88. The van der Waals surface area contributed by atoms with Gasteiger partial charge in [0.25, 0.3) is 0 Å². The van der Waals surface area contributed by atoms with E-state index < -0.39 is 0 Å². The van der Waals surface area contributed by atoms with Crippen molar-refractivity contribution in [1.29, 1.82) is 0 Å². The number of fused-ring (bicyclic) bond motifs is 1. The van der Waals surface area contributed by atoms with Crippen molar-refractivity contribution in [2.45, 2.75) is 19.4 Å². The van der Waals surface area contributed by atoms with Crippen molar-refractivity contribution in [2.24, 2.45) is 0 Å². The molecule has 0 aromatic carbocycles. The molecule has 0 unspecified atom stereocenters. The first-order chi connectivity index (χ1) is 13.4. The number of pyridine rings is 1. The Labute approximate surface area is 164 Å². The van der Waals surface area contributed by atoms with E-state index in [0.717, 1.165) is 50.7 Å². The Morgan fingerprint density at radius 2 is 1.67 bits per heavy atom. The van der Waals surface area contributed by atoms with Crippen LogP contribution >= 0.6 is 11.3 Å². The number of likely N-dealkylation sites (tertiary alicyclic amines) is 1. The molecule has 5 rings (SSSR count). The van der Waals surface area contributed by atoms with Gasteiger partial charge in [0.05, 0.1) is 5.00 Å². The number of thiophene rings is 1. The smallest absolute Gasteiger partial charge is 0.142 e. The second kappa shape index (κ2) is 7.52. The summed E-state index contributed by atoms with van der Waals surface area (Å²) < 4.78 is 2.33. The first kappa shape index (κ1) is 17.1. The molecule has 2 fully saturated rings. The lowest BCUT2D eigenvalue weighted by atomic mass is 10.3. The molecular formula is C21H27N5S. The molecule has 0 saturated carbocycles. The van der Waals surface area contributed by atoms with Crippen molar-refractivity contribution in [3.05, 3.63) is 41.9 Å². The van der Waals surface area contributed by atoms with E-state index in [4.69, 9.17) is 4.98 Å². The molecule has 0 radical (unpaired) electrons. The molecule has 5 nitrogen and oxygen atoms in total. The van der Waals surface area contributed by atoms with Gasteiger partial charge < -0.3 is 19.3 Å². The maximum Gasteiger partial charge on any atom is 0.142 e. The molecule has 0 aliphatic carbocycles. The Morgan fingerprint density at radius 3 is 2.44 bits per heavy atom. The van der Waals surface area contributed by atoms with Crippen molar-refractivity contribution < 1.29 is 0 Å². The van der Waals surface area contributed by atoms with Gasteiger partial charge in [0.2, 0.25) is 0 Å². The molecule has 3 aromatic heterocycles. The number of nitrogens with zero attached hydrogens (tertiary/aromatic N) is 5. The highest BCUT2D eigenvalue weighted by molar-refractivity contribution is 7.14. The largest absolute Gasteiger partial charge is 0.360 e. The molecule has 3 aromatic rings. The Morgan fingerprint density at radius 1 is 0.852 bits per heavy atom. The summed E-state index contributed by atoms with van der Waals surface area (Å²) in [6, 6.07) is 11.0. The second-order valence-corrected chi connectivity index (χ2v) is 8.49. The van der Waals surface area contributed by atoms with Gasteiger partial charge in [0, 0.05) is 50.9 Å². The minimum Gasteiger partial charge on any atom is -0.360 e. The highest BCUT2D eigenvalue weighted by Crippen LogP contribution is 2.25. The third-order valence-corrected chi connectivity index (χ3v) is 6.80. The zero-order valence-electron chi connectivity index (χ0n) is 15.8. The standard InChI is InChI=1S/C21H27N5S/c1-2-9-23(8-1)11-12-26-10-7-18-5-6-19(22-21(18)26)24-13-15-25(16-14-24)20-4-3-17-27-20/h3-7,10,17H,1-2,8-9,11-16H2. The Kier molecular flexibility index (Phi) is 4.76. The van der Waals surface area contributed by atoms with Gasteiger partial charge in [-0.15, -0.1) is 11.3 Å². The number of hydrogen-bond acceptors (Lipinski definition) is 5. The van der Waals surface area contributed by atoms with Crippen LogP contribution in [0.5, 0.6) is 0 Å². The molecule has 0 bridgehead atoms. The van der Waals surface area contributed by atoms with Crippen LogP contribution in [-0.2, 0) is 6.54 Å². The molecule has 0 atom stereocenters. The van der Waals surface area contributed by atoms with Gasteiger partial charge in [-0.25, -0.2) is 4.98 Å². The number of piperazine rings is 1. The normalized spacial score (nSPS) is 18.7. The fraction of sp³-hybridized carbons (Fsp3) is 0.476. The quantitative estimate of drug-likeness (QED) is 0.676. The molecule has 2 aliphatic heterocycles. The molecule has 0 amide bonds. The van der Waals surface area contributed by atoms with Crippen molar-refractivity contribution in [1.82, 2.24) is 14.5 Å². The van der Waals surface area contributed by atoms with Crippen molar-refractivity contribution >= 4 is 33.2 Å². The summed E-state index contributed by atoms with van der Waals surface area (Å²) in [5.74, 6) is 1.12. The van der Waals surface area contributed by atoms with E-state index in [1.807, 2.05) is 11.3 Å². The summed E-state index contributed by atoms with van der Waals surface area (Å²) in [7, 11) is 0. The molecule has 2 saturated heterocycles. The highest BCUT2D eigenvalue weighted by atomic mass is 32.1. The van der Waals surface area contributed by atoms with Gasteiger partial charge >= 0.3 is 0 Å². The average Bonchev–Trinajstić information content (AvgIpc) is 3.48. The maximum atomic E-state index is 5.05. The lowest BCUT2D eigenvalue weighted by Crippen LogP contribution is -2.46. The number of aromatic nitrogens is 2. The van der Waals surface area contributed by atoms with E-state index in [2.05, 4.69) is 61.2 Å². The summed E-state index contributed by atoms with van der Waals surface area (Å²) in [5.41, 5.74) is 1.13. The van der Waals surface area contributed by atoms with Crippen LogP contribution in [0.4, 0.5) is 10.8 Å². The first-order valence-corrected chi connectivity index (χ1v) is 11.0. The van der Waals surface area contributed by atoms with Crippen LogP contribution < -0.4 is 9.80 Å². The third-order valence-electron chi connectivity index (χ3n) is 5.87. The number of rotatable bonds is 5. The fourth-order valence-corrected chi connectivity index (χ4v) is 5.05. The minimum atomic E-state index is 1.03. The zero-order chi connectivity index (χ0) is 18.1. The third kappa shape index (κ3) is 3.56. The molecule has 0 spiro atoms. The summed E-state index contributed by atoms with van der Waals surface area (Å²) >= 11 is 1.83. The summed E-state index contributed by atoms with van der Waals surface area (Å²) in [6.07, 6.45) is 4.91. The molecule has 6 heteroatoms. The topological polar surface area (TPSA) is 27.5 Å². The van der Waals surface area contributed by atoms with E-state index in [1.54, 1.807) is 0 Å². The van der Waals surface area contributed by atoms with Gasteiger partial charge in [0.1, 0.15) is 11.5 Å². The second-order valence-electron chi connectivity index (χ2n) is 7.57. The predicted molar refractivity (Wildman–Crippen MR) is 114 cm³/mol. The van der Waals surface area contributed by atoms with E-state index in [9.17, 15) is 0 Å². The fourth-order valence-electron chi connectivity index (χ4n) is 4.27. The van der Waals surface area contributed by atoms with E-state index in [1.165, 1.54) is 36.3 Å². The van der Waals surface area contributed by atoms with Crippen LogP contribution in [-0.4, -0.2) is 60.3 Å². The average molecular weight is 382 g/mol. The van der Waals surface area contributed by atoms with Gasteiger partial charge in [-0.05, 0) is 61.6 Å². The molecule has 5 heterocycles. The van der Waals surface area contributed by atoms with Crippen molar-refractivity contribution in [2.75, 3.05) is 55.6 Å². The Hall–Kier alpha value is -2.05. The maximum absolute atomic E-state index is 5.05. The first-order valence-electron chi connectivity index (χ1n) is 10.1. The van der Waals surface area contributed by atoms with Crippen molar-refractivity contribution in [3.8, 4) is 0 Å². The monoisotopic (exact) mass is 381 g/mol. The van der Waals surface area contributed by atoms with Crippen LogP contribution in [0.15, 0.2) is 41.9 Å². The molecule has 2 aliphatic rings. The Bertz CT molecular complexity index is 873. The molecule has 27 heavy (non-hydrogen) atoms. The van der Waals surface area contributed by atoms with Crippen LogP contribution in [0.2, 0.25) is 0 Å². The van der Waals surface area contributed by atoms with Gasteiger partial charge in [-0.2, -0.15) is 0 Å². The highest BCUT2D eigenvalue weighted by Gasteiger charge is 2.19. The van der Waals surface area contributed by atoms with Crippen LogP contribution in [0.1, 0.15) is 12.8 Å². The van der Waals surface area contributed by atoms with Gasteiger partial charge in [-0.1, -0.05) is 0 Å². The molecular weight excluding hydrogens is 354 g/mol. The number of hydrogen-bond donors (Lipinski definition) is 0. The van der Waals surface area contributed by atoms with Crippen LogP contribution in [0.25, 0.3) is 11.0 Å². The van der Waals surface area contributed by atoms with Crippen molar-refractivity contribution in [3.63, 3.8) is 0 Å². The zero-order valence-corrected chi connectivity index (χ0v) is 16.6. The van der Waals surface area contributed by atoms with Gasteiger partial charge in [-0.3, -0.25) is 0 Å². The van der Waals surface area contributed by atoms with Crippen LogP contribution in [0.3, 0.4) is 0 Å². The summed E-state index contributed by atoms with van der Waals surface area (Å²) in [4.78, 5) is 12.5.